The molecule has 0 aliphatic carbocycles. The second-order valence-corrected chi connectivity index (χ2v) is 8.62. The summed E-state index contributed by atoms with van der Waals surface area (Å²) in [5.41, 5.74) is 0. The maximum Gasteiger partial charge on any atom is 0.305 e. The van der Waals surface area contributed by atoms with E-state index >= 15 is 0 Å². The lowest BCUT2D eigenvalue weighted by Gasteiger charge is -2.04. The van der Waals surface area contributed by atoms with Gasteiger partial charge in [-0.1, -0.05) is 122 Å². The number of carbonyl (C=O) groups excluding carboxylic acids is 1. The minimum atomic E-state index is -0.0832. The normalized spacial score (nSPS) is 10.8. The number of hydrogen-bond donors (Lipinski definition) is 0. The summed E-state index contributed by atoms with van der Waals surface area (Å²) >= 11 is 0. The van der Waals surface area contributed by atoms with Crippen LogP contribution in [0.5, 0.6) is 0 Å². The highest BCUT2D eigenvalue weighted by atomic mass is 16.6. The number of rotatable bonds is 22. The van der Waals surface area contributed by atoms with Crippen LogP contribution >= 0.6 is 0 Å². The van der Waals surface area contributed by atoms with E-state index in [1.54, 1.807) is 7.11 Å². The fourth-order valence-corrected chi connectivity index (χ4v) is 3.45. The molecule has 0 heterocycles. The zero-order chi connectivity index (χ0) is 23.3. The second kappa shape index (κ2) is 31.4. The molecule has 0 unspecified atom stereocenters. The van der Waals surface area contributed by atoms with Gasteiger partial charge in [-0.05, 0) is 26.2 Å². The molecular formula is C28H56O3. The van der Waals surface area contributed by atoms with Crippen LogP contribution in [0.25, 0.3) is 0 Å². The van der Waals surface area contributed by atoms with Crippen LogP contribution in [0.4, 0.5) is 0 Å². The van der Waals surface area contributed by atoms with Crippen LogP contribution in [0.3, 0.4) is 0 Å². The third-order valence-corrected chi connectivity index (χ3v) is 5.50. The summed E-state index contributed by atoms with van der Waals surface area (Å²) in [6, 6.07) is 0. The van der Waals surface area contributed by atoms with Crippen LogP contribution in [0.15, 0.2) is 12.2 Å². The Morgan fingerprint density at radius 3 is 1.55 bits per heavy atom. The third-order valence-electron chi connectivity index (χ3n) is 5.50. The first-order valence-corrected chi connectivity index (χ1v) is 13.5. The Labute approximate surface area is 195 Å². The molecule has 0 aromatic carbocycles. The van der Waals surface area contributed by atoms with Crippen molar-refractivity contribution in [2.45, 2.75) is 143 Å². The van der Waals surface area contributed by atoms with Gasteiger partial charge in [0.05, 0.1) is 6.61 Å². The molecule has 3 nitrogen and oxygen atoms in total. The standard InChI is InChI=1S/C19H38O3.C9H18/c1-3-4-5-6-7-8-9-10-11-12-13-14-15-16-19(20)22-18-17-21-2;1-3-5-7-9-8-6-4-2/h3-18H2,1-2H3;3,5H,4,6-9H2,1-2H3/b;5-3-. The fraction of sp³-hybridized carbons (Fsp3) is 0.893. The predicted molar refractivity (Wildman–Crippen MR) is 137 cm³/mol. The molecule has 31 heavy (non-hydrogen) atoms. The molecule has 3 heteroatoms. The van der Waals surface area contributed by atoms with Gasteiger partial charge in [0.25, 0.3) is 0 Å². The first kappa shape index (κ1) is 32.4. The van der Waals surface area contributed by atoms with Gasteiger partial charge in [-0.3, -0.25) is 4.79 Å². The molecule has 0 spiro atoms. The molecule has 0 bridgehead atoms. The molecule has 0 N–H and O–H groups in total. The van der Waals surface area contributed by atoms with Gasteiger partial charge in [0, 0.05) is 13.5 Å². The van der Waals surface area contributed by atoms with Crippen molar-refractivity contribution in [3.05, 3.63) is 12.2 Å². The van der Waals surface area contributed by atoms with Crippen molar-refractivity contribution in [1.29, 1.82) is 0 Å². The molecule has 0 aromatic heterocycles. The van der Waals surface area contributed by atoms with E-state index < -0.39 is 0 Å². The molecular weight excluding hydrogens is 384 g/mol. The Morgan fingerprint density at radius 1 is 0.645 bits per heavy atom. The van der Waals surface area contributed by atoms with Gasteiger partial charge in [0.2, 0.25) is 0 Å². The smallest absolute Gasteiger partial charge is 0.305 e. The number of methoxy groups -OCH3 is 1. The SMILES string of the molecule is C/C=C\CCCCCC.CCCCCCCCCCCCCCCC(=O)OCCOC. The highest BCUT2D eigenvalue weighted by Crippen LogP contribution is 2.13. The molecule has 0 fully saturated rings. The van der Waals surface area contributed by atoms with E-state index in [-0.39, 0.29) is 5.97 Å². The van der Waals surface area contributed by atoms with Crippen molar-refractivity contribution in [3.8, 4) is 0 Å². The van der Waals surface area contributed by atoms with Crippen molar-refractivity contribution >= 4 is 5.97 Å². The average molecular weight is 441 g/mol. The summed E-state index contributed by atoms with van der Waals surface area (Å²) in [5, 5.41) is 0. The van der Waals surface area contributed by atoms with Crippen molar-refractivity contribution in [2.24, 2.45) is 0 Å². The van der Waals surface area contributed by atoms with Gasteiger partial charge < -0.3 is 9.47 Å². The van der Waals surface area contributed by atoms with Crippen LogP contribution in [0, 0.1) is 0 Å². The highest BCUT2D eigenvalue weighted by Gasteiger charge is 2.02. The van der Waals surface area contributed by atoms with Crippen molar-refractivity contribution in [2.75, 3.05) is 20.3 Å². The number of hydrogen-bond acceptors (Lipinski definition) is 3. The minimum Gasteiger partial charge on any atom is -0.463 e. The van der Waals surface area contributed by atoms with Gasteiger partial charge in [-0.25, -0.2) is 0 Å². The summed E-state index contributed by atoms with van der Waals surface area (Å²) < 4.78 is 9.86. The zero-order valence-corrected chi connectivity index (χ0v) is 21.7. The Kier molecular flexibility index (Phi) is 32.7. The number of ether oxygens (including phenoxy) is 2. The van der Waals surface area contributed by atoms with Gasteiger partial charge in [-0.15, -0.1) is 0 Å². The molecule has 0 aliphatic rings. The molecule has 0 saturated heterocycles. The minimum absolute atomic E-state index is 0.0832. The van der Waals surface area contributed by atoms with Gasteiger partial charge in [0.15, 0.2) is 0 Å². The van der Waals surface area contributed by atoms with Crippen molar-refractivity contribution < 1.29 is 14.3 Å². The predicted octanol–water partition coefficient (Wildman–Crippen LogP) is 9.19. The lowest BCUT2D eigenvalue weighted by Crippen LogP contribution is -2.09. The first-order valence-electron chi connectivity index (χ1n) is 13.5. The Morgan fingerprint density at radius 2 is 1.10 bits per heavy atom. The molecule has 0 aromatic rings. The zero-order valence-electron chi connectivity index (χ0n) is 21.7. The molecule has 0 radical (unpaired) electrons. The number of carbonyl (C=O) groups is 1. The van der Waals surface area contributed by atoms with E-state index in [1.165, 1.54) is 103 Å². The summed E-state index contributed by atoms with van der Waals surface area (Å²) in [7, 11) is 1.61. The Bertz CT molecular complexity index is 352. The Hall–Kier alpha value is -0.830. The summed E-state index contributed by atoms with van der Waals surface area (Å²) in [5.74, 6) is -0.0832. The van der Waals surface area contributed by atoms with Crippen LogP contribution in [-0.2, 0) is 14.3 Å². The number of allylic oxidation sites excluding steroid dienone is 2. The van der Waals surface area contributed by atoms with Crippen LogP contribution < -0.4 is 0 Å². The molecule has 0 atom stereocenters. The lowest BCUT2D eigenvalue weighted by atomic mass is 10.0. The highest BCUT2D eigenvalue weighted by molar-refractivity contribution is 5.69. The van der Waals surface area contributed by atoms with Crippen LogP contribution in [0.1, 0.15) is 143 Å². The second-order valence-electron chi connectivity index (χ2n) is 8.62. The summed E-state index contributed by atoms with van der Waals surface area (Å²) in [6.45, 7) is 7.47. The largest absolute Gasteiger partial charge is 0.463 e. The van der Waals surface area contributed by atoms with Crippen LogP contribution in [-0.4, -0.2) is 26.3 Å². The van der Waals surface area contributed by atoms with E-state index in [4.69, 9.17) is 9.47 Å². The monoisotopic (exact) mass is 440 g/mol. The van der Waals surface area contributed by atoms with E-state index in [2.05, 4.69) is 32.9 Å². The Balaban J connectivity index is 0. The van der Waals surface area contributed by atoms with E-state index in [0.29, 0.717) is 19.6 Å². The van der Waals surface area contributed by atoms with E-state index in [0.717, 1.165) is 12.8 Å². The van der Waals surface area contributed by atoms with Crippen molar-refractivity contribution in [3.63, 3.8) is 0 Å². The molecule has 186 valence electrons. The van der Waals surface area contributed by atoms with E-state index in [9.17, 15) is 4.79 Å². The maximum absolute atomic E-state index is 11.3. The van der Waals surface area contributed by atoms with Crippen molar-refractivity contribution in [1.82, 2.24) is 0 Å². The average Bonchev–Trinajstić information content (AvgIpc) is 2.77. The fourth-order valence-electron chi connectivity index (χ4n) is 3.45. The topological polar surface area (TPSA) is 35.5 Å². The van der Waals surface area contributed by atoms with Gasteiger partial charge in [0.1, 0.15) is 6.61 Å². The molecule has 0 amide bonds. The summed E-state index contributed by atoms with van der Waals surface area (Å²) in [4.78, 5) is 11.3. The lowest BCUT2D eigenvalue weighted by molar-refractivity contribution is -0.145. The maximum atomic E-state index is 11.3. The van der Waals surface area contributed by atoms with E-state index in [1.807, 2.05) is 0 Å². The first-order chi connectivity index (χ1) is 15.2. The number of unbranched alkanes of at least 4 members (excludes halogenated alkanes) is 16. The van der Waals surface area contributed by atoms with Gasteiger partial charge >= 0.3 is 5.97 Å². The molecule has 0 aliphatic heterocycles. The van der Waals surface area contributed by atoms with Crippen LogP contribution in [0.2, 0.25) is 0 Å². The third kappa shape index (κ3) is 34.0. The quantitative estimate of drug-likeness (QED) is 0.0955. The van der Waals surface area contributed by atoms with Gasteiger partial charge in [-0.2, -0.15) is 0 Å². The summed E-state index contributed by atoms with van der Waals surface area (Å²) in [6.07, 6.45) is 29.0. The molecule has 0 rings (SSSR count). The molecule has 0 saturated carbocycles. The number of esters is 1.